The van der Waals surface area contributed by atoms with Crippen molar-refractivity contribution < 1.29 is 4.74 Å². The summed E-state index contributed by atoms with van der Waals surface area (Å²) in [5, 5.41) is 0. The molecule has 0 bridgehead atoms. The lowest BCUT2D eigenvalue weighted by atomic mass is 9.72. The molecule has 3 unspecified atom stereocenters. The quantitative estimate of drug-likeness (QED) is 0.642. The Morgan fingerprint density at radius 3 is 2.45 bits per heavy atom. The molecule has 1 aliphatic rings. The summed E-state index contributed by atoms with van der Waals surface area (Å²) in [6.07, 6.45) is 3.78. The second-order valence-electron chi connectivity index (χ2n) is 6.21. The molecule has 20 heavy (non-hydrogen) atoms. The number of halogens is 1. The molecule has 0 aliphatic heterocycles. The number of nitrogens with two attached hydrogens (primary N) is 1. The summed E-state index contributed by atoms with van der Waals surface area (Å²) in [5.41, 5.74) is 4.23. The first-order chi connectivity index (χ1) is 9.55. The maximum atomic E-state index is 5.88. The van der Waals surface area contributed by atoms with Gasteiger partial charge >= 0.3 is 0 Å². The van der Waals surface area contributed by atoms with Gasteiger partial charge in [0.15, 0.2) is 0 Å². The molecule has 112 valence electrons. The summed E-state index contributed by atoms with van der Waals surface area (Å²) in [6, 6.07) is 6.25. The number of methoxy groups -OCH3 is 1. The van der Waals surface area contributed by atoms with E-state index in [2.05, 4.69) is 41.3 Å². The Balaban J connectivity index is 2.27. The van der Waals surface area contributed by atoms with Gasteiger partial charge in [-0.15, -0.1) is 0 Å². The second kappa shape index (κ2) is 6.92. The highest BCUT2D eigenvalue weighted by atomic mass is 79.9. The molecule has 3 atom stereocenters. The molecule has 0 heterocycles. The first-order valence-corrected chi connectivity index (χ1v) is 8.14. The van der Waals surface area contributed by atoms with Gasteiger partial charge in [0.25, 0.3) is 0 Å². The van der Waals surface area contributed by atoms with Crippen molar-refractivity contribution >= 4 is 15.9 Å². The van der Waals surface area contributed by atoms with Crippen molar-refractivity contribution in [1.82, 2.24) is 5.43 Å². The van der Waals surface area contributed by atoms with Crippen molar-refractivity contribution in [2.24, 2.45) is 23.6 Å². The number of rotatable bonds is 4. The van der Waals surface area contributed by atoms with E-state index in [0.29, 0.717) is 5.92 Å². The smallest absolute Gasteiger partial charge is 0.119 e. The SMILES string of the molecule is COc1ccc(Br)c(C(NN)C2CC(C)CC(C)C2)c1. The number of benzene rings is 1. The van der Waals surface area contributed by atoms with Crippen LogP contribution in [-0.4, -0.2) is 7.11 Å². The van der Waals surface area contributed by atoms with E-state index >= 15 is 0 Å². The highest BCUT2D eigenvalue weighted by Gasteiger charge is 2.31. The van der Waals surface area contributed by atoms with Crippen LogP contribution in [0.3, 0.4) is 0 Å². The summed E-state index contributed by atoms with van der Waals surface area (Å²) in [5.74, 6) is 8.86. The normalized spacial score (nSPS) is 28.1. The number of hydrogen-bond donors (Lipinski definition) is 2. The van der Waals surface area contributed by atoms with Crippen LogP contribution >= 0.6 is 15.9 Å². The molecule has 1 aromatic rings. The van der Waals surface area contributed by atoms with Gasteiger partial charge in [0.2, 0.25) is 0 Å². The Labute approximate surface area is 130 Å². The van der Waals surface area contributed by atoms with Crippen LogP contribution in [0.4, 0.5) is 0 Å². The van der Waals surface area contributed by atoms with Gasteiger partial charge in [0.1, 0.15) is 5.75 Å². The fraction of sp³-hybridized carbons (Fsp3) is 0.625. The minimum atomic E-state index is 0.171. The van der Waals surface area contributed by atoms with Crippen LogP contribution in [0.15, 0.2) is 22.7 Å². The van der Waals surface area contributed by atoms with Crippen molar-refractivity contribution in [2.45, 2.75) is 39.2 Å². The lowest BCUT2D eigenvalue weighted by molar-refractivity contribution is 0.176. The largest absolute Gasteiger partial charge is 0.497 e. The second-order valence-corrected chi connectivity index (χ2v) is 7.06. The fourth-order valence-electron chi connectivity index (χ4n) is 3.65. The Morgan fingerprint density at radius 1 is 1.25 bits per heavy atom. The Bertz CT molecular complexity index is 442. The van der Waals surface area contributed by atoms with Crippen LogP contribution in [0.5, 0.6) is 5.75 Å². The first kappa shape index (κ1) is 15.8. The summed E-state index contributed by atoms with van der Waals surface area (Å²) in [4.78, 5) is 0. The van der Waals surface area contributed by atoms with E-state index in [9.17, 15) is 0 Å². The minimum absolute atomic E-state index is 0.171. The van der Waals surface area contributed by atoms with Crippen LogP contribution in [0.25, 0.3) is 0 Å². The highest BCUT2D eigenvalue weighted by molar-refractivity contribution is 9.10. The molecule has 0 spiro atoms. The number of hydrogen-bond acceptors (Lipinski definition) is 3. The van der Waals surface area contributed by atoms with Gasteiger partial charge in [0.05, 0.1) is 13.2 Å². The summed E-state index contributed by atoms with van der Waals surface area (Å²) >= 11 is 3.65. The van der Waals surface area contributed by atoms with Gasteiger partial charge in [-0.05, 0) is 60.8 Å². The molecular formula is C16H25BrN2O. The topological polar surface area (TPSA) is 47.3 Å². The van der Waals surface area contributed by atoms with Crippen LogP contribution in [0.2, 0.25) is 0 Å². The van der Waals surface area contributed by atoms with Crippen molar-refractivity contribution in [2.75, 3.05) is 7.11 Å². The maximum absolute atomic E-state index is 5.88. The summed E-state index contributed by atoms with van der Waals surface area (Å²) in [7, 11) is 1.70. The molecule has 3 N–H and O–H groups in total. The highest BCUT2D eigenvalue weighted by Crippen LogP contribution is 2.41. The maximum Gasteiger partial charge on any atom is 0.119 e. The van der Waals surface area contributed by atoms with E-state index in [1.165, 1.54) is 24.8 Å². The molecule has 1 aromatic carbocycles. The Hall–Kier alpha value is -0.580. The van der Waals surface area contributed by atoms with E-state index < -0.39 is 0 Å². The van der Waals surface area contributed by atoms with E-state index in [1.807, 2.05) is 12.1 Å². The third-order valence-electron chi connectivity index (χ3n) is 4.40. The molecule has 0 radical (unpaired) electrons. The molecule has 0 amide bonds. The molecule has 2 rings (SSSR count). The van der Waals surface area contributed by atoms with Gasteiger partial charge < -0.3 is 4.74 Å². The molecule has 3 nitrogen and oxygen atoms in total. The van der Waals surface area contributed by atoms with Crippen LogP contribution in [0, 0.1) is 17.8 Å². The molecule has 1 aliphatic carbocycles. The van der Waals surface area contributed by atoms with Gasteiger partial charge in [-0.1, -0.05) is 29.8 Å². The molecule has 4 heteroatoms. The van der Waals surface area contributed by atoms with E-state index in [-0.39, 0.29) is 6.04 Å². The Morgan fingerprint density at radius 2 is 1.90 bits per heavy atom. The third-order valence-corrected chi connectivity index (χ3v) is 5.13. The van der Waals surface area contributed by atoms with Gasteiger partial charge in [-0.25, -0.2) is 0 Å². The van der Waals surface area contributed by atoms with Crippen LogP contribution < -0.4 is 16.0 Å². The first-order valence-electron chi connectivity index (χ1n) is 7.34. The number of hydrazine groups is 1. The summed E-state index contributed by atoms with van der Waals surface area (Å²) in [6.45, 7) is 4.69. The average Bonchev–Trinajstić information content (AvgIpc) is 2.40. The standard InChI is InChI=1S/C16H25BrN2O/c1-10-6-11(2)8-12(7-10)16(19-18)14-9-13(20-3)4-5-15(14)17/h4-5,9-12,16,19H,6-8,18H2,1-3H3. The zero-order chi connectivity index (χ0) is 14.7. The molecule has 1 fully saturated rings. The van der Waals surface area contributed by atoms with Crippen molar-refractivity contribution in [3.63, 3.8) is 0 Å². The zero-order valence-corrected chi connectivity index (χ0v) is 14.1. The Kier molecular flexibility index (Phi) is 5.47. The fourth-order valence-corrected chi connectivity index (χ4v) is 4.14. The predicted molar refractivity (Wildman–Crippen MR) is 86.4 cm³/mol. The molecular weight excluding hydrogens is 316 g/mol. The van der Waals surface area contributed by atoms with Crippen LogP contribution in [0.1, 0.15) is 44.7 Å². The van der Waals surface area contributed by atoms with Crippen molar-refractivity contribution in [1.29, 1.82) is 0 Å². The molecule has 0 saturated heterocycles. The zero-order valence-electron chi connectivity index (χ0n) is 12.5. The van der Waals surface area contributed by atoms with E-state index in [1.54, 1.807) is 7.11 Å². The third kappa shape index (κ3) is 3.54. The van der Waals surface area contributed by atoms with E-state index in [0.717, 1.165) is 22.1 Å². The predicted octanol–water partition coefficient (Wildman–Crippen LogP) is 4.03. The van der Waals surface area contributed by atoms with Gasteiger partial charge in [-0.3, -0.25) is 11.3 Å². The summed E-state index contributed by atoms with van der Waals surface area (Å²) < 4.78 is 6.43. The number of nitrogens with one attached hydrogen (secondary N) is 1. The number of ether oxygens (including phenoxy) is 1. The van der Waals surface area contributed by atoms with Crippen molar-refractivity contribution in [3.05, 3.63) is 28.2 Å². The van der Waals surface area contributed by atoms with E-state index in [4.69, 9.17) is 10.6 Å². The minimum Gasteiger partial charge on any atom is -0.497 e. The average molecular weight is 341 g/mol. The molecule has 1 saturated carbocycles. The van der Waals surface area contributed by atoms with Crippen LogP contribution in [-0.2, 0) is 0 Å². The van der Waals surface area contributed by atoms with Gasteiger partial charge in [0, 0.05) is 4.47 Å². The lowest BCUT2D eigenvalue weighted by Crippen LogP contribution is -2.37. The monoisotopic (exact) mass is 340 g/mol. The van der Waals surface area contributed by atoms with Crippen molar-refractivity contribution in [3.8, 4) is 5.75 Å². The lowest BCUT2D eigenvalue weighted by Gasteiger charge is -2.36. The molecule has 0 aromatic heterocycles. The van der Waals surface area contributed by atoms with Gasteiger partial charge in [-0.2, -0.15) is 0 Å².